The molecule has 450 valence electrons. The van der Waals surface area contributed by atoms with E-state index in [-0.39, 0.29) is 25.7 Å². The molecule has 0 aliphatic heterocycles. The average Bonchev–Trinajstić information content (AvgIpc) is 3.38. The first kappa shape index (κ1) is 74.1. The van der Waals surface area contributed by atoms with Crippen LogP contribution in [-0.4, -0.2) is 96.7 Å². The fourth-order valence-electron chi connectivity index (χ4n) is 8.34. The van der Waals surface area contributed by atoms with E-state index in [9.17, 15) is 43.2 Å². The van der Waals surface area contributed by atoms with Gasteiger partial charge >= 0.3 is 39.5 Å². The lowest BCUT2D eigenvalue weighted by molar-refractivity contribution is -0.161. The molecule has 0 aromatic carbocycles. The van der Waals surface area contributed by atoms with Gasteiger partial charge in [-0.05, 0) is 31.6 Å². The Labute approximate surface area is 460 Å². The predicted molar refractivity (Wildman–Crippen MR) is 298 cm³/mol. The topological polar surface area (TPSA) is 237 Å². The summed E-state index contributed by atoms with van der Waals surface area (Å²) in [5.74, 6) is -1.49. The Morgan fingerprint density at radius 3 is 0.895 bits per heavy atom. The van der Waals surface area contributed by atoms with Gasteiger partial charge in [0.1, 0.15) is 19.3 Å². The minimum Gasteiger partial charge on any atom is -0.462 e. The van der Waals surface area contributed by atoms with Crippen molar-refractivity contribution in [3.63, 3.8) is 0 Å². The lowest BCUT2D eigenvalue weighted by Crippen LogP contribution is -2.30. The molecule has 5 atom stereocenters. The van der Waals surface area contributed by atoms with Gasteiger partial charge in [-0.15, -0.1) is 0 Å². The number of hydrogen-bond acceptors (Lipinski definition) is 15. The van der Waals surface area contributed by atoms with E-state index in [1.54, 1.807) is 0 Å². The molecule has 0 bridgehead atoms. The van der Waals surface area contributed by atoms with Crippen molar-refractivity contribution in [3.05, 3.63) is 0 Å². The Bertz CT molecular complexity index is 1500. The van der Waals surface area contributed by atoms with E-state index in [1.165, 1.54) is 89.9 Å². The van der Waals surface area contributed by atoms with Gasteiger partial charge in [-0.2, -0.15) is 0 Å². The molecule has 0 amide bonds. The highest BCUT2D eigenvalue weighted by Crippen LogP contribution is 2.45. The maximum Gasteiger partial charge on any atom is 0.472 e. The number of carbonyl (C=O) groups is 4. The van der Waals surface area contributed by atoms with Gasteiger partial charge in [0.05, 0.1) is 26.4 Å². The molecule has 0 heterocycles. The number of aliphatic hydroxyl groups excluding tert-OH is 1. The molecule has 0 saturated heterocycles. The second-order valence-electron chi connectivity index (χ2n) is 21.2. The molecule has 0 radical (unpaired) electrons. The molecule has 17 nitrogen and oxygen atoms in total. The first-order valence-corrected chi connectivity index (χ1v) is 33.1. The summed E-state index contributed by atoms with van der Waals surface area (Å²) in [7, 11) is -9.85. The standard InChI is InChI=1S/C57H110O17P2/c1-6-9-12-15-16-17-18-19-20-21-22-23-24-25-26-33-38-43-57(62)74-53(47-68-55(60)41-36-32-28-27-31-34-39-50(4)5)49-72-76(65,66)70-45-51(58)44-69-75(63,64)71-48-52(73-56(61)42-37-30-14-11-8-3)46-67-54(59)40-35-29-13-10-7-2/h50-53,58H,6-49H2,1-5H3,(H,63,64)(H,65,66)/t51-,52+,53+/m0/s1. The minimum absolute atomic E-state index is 0.0986. The first-order chi connectivity index (χ1) is 36.5. The molecule has 76 heavy (non-hydrogen) atoms. The van der Waals surface area contributed by atoms with Crippen LogP contribution in [0.5, 0.6) is 0 Å². The molecule has 0 fully saturated rings. The Hall–Kier alpha value is -1.94. The van der Waals surface area contributed by atoms with Crippen molar-refractivity contribution in [1.29, 1.82) is 0 Å². The van der Waals surface area contributed by atoms with Gasteiger partial charge in [0.25, 0.3) is 0 Å². The molecule has 0 aromatic rings. The summed E-state index contributed by atoms with van der Waals surface area (Å²) in [5.41, 5.74) is 0. The SMILES string of the molecule is CCCCCCCCCCCCCCCCCCCC(=O)O[C@H](COC(=O)CCCCCCCCC(C)C)COP(=O)(O)OC[C@@H](O)COP(=O)(O)OC[C@@H](COC(=O)CCCCCCC)OC(=O)CCCCCCC. The molecule has 19 heteroatoms. The van der Waals surface area contributed by atoms with Crippen LogP contribution >= 0.6 is 15.6 Å². The zero-order chi connectivity index (χ0) is 56.4. The van der Waals surface area contributed by atoms with Crippen LogP contribution in [0.2, 0.25) is 0 Å². The van der Waals surface area contributed by atoms with Crippen LogP contribution in [0.4, 0.5) is 0 Å². The van der Waals surface area contributed by atoms with Gasteiger partial charge in [-0.25, -0.2) is 9.13 Å². The van der Waals surface area contributed by atoms with E-state index in [1.807, 2.05) is 0 Å². The number of phosphoric ester groups is 2. The average molecular weight is 1130 g/mol. The van der Waals surface area contributed by atoms with E-state index < -0.39 is 97.5 Å². The normalized spacial score (nSPS) is 14.4. The summed E-state index contributed by atoms with van der Waals surface area (Å²) in [4.78, 5) is 71.3. The van der Waals surface area contributed by atoms with Crippen LogP contribution in [0.15, 0.2) is 0 Å². The quantitative estimate of drug-likeness (QED) is 0.0222. The molecule has 3 N–H and O–H groups in total. The smallest absolute Gasteiger partial charge is 0.462 e. The third-order valence-electron chi connectivity index (χ3n) is 13.0. The van der Waals surface area contributed by atoms with Crippen LogP contribution < -0.4 is 0 Å². The van der Waals surface area contributed by atoms with Crippen LogP contribution in [0.25, 0.3) is 0 Å². The number of rotatable bonds is 57. The zero-order valence-corrected chi connectivity index (χ0v) is 50.2. The van der Waals surface area contributed by atoms with Gasteiger partial charge in [-0.1, -0.05) is 227 Å². The predicted octanol–water partition coefficient (Wildman–Crippen LogP) is 15.1. The highest BCUT2D eigenvalue weighted by Gasteiger charge is 2.30. The fourth-order valence-corrected chi connectivity index (χ4v) is 9.92. The summed E-state index contributed by atoms with van der Waals surface area (Å²) >= 11 is 0. The highest BCUT2D eigenvalue weighted by molar-refractivity contribution is 7.47. The molecule has 0 saturated carbocycles. The van der Waals surface area contributed by atoms with Crippen molar-refractivity contribution in [3.8, 4) is 0 Å². The lowest BCUT2D eigenvalue weighted by Gasteiger charge is -2.21. The minimum atomic E-state index is -4.93. The summed E-state index contributed by atoms with van der Waals surface area (Å²) < 4.78 is 67.2. The van der Waals surface area contributed by atoms with Crippen LogP contribution in [0.1, 0.15) is 279 Å². The largest absolute Gasteiger partial charge is 0.472 e. The Morgan fingerprint density at radius 1 is 0.355 bits per heavy atom. The van der Waals surface area contributed by atoms with Gasteiger partial charge in [0.15, 0.2) is 12.2 Å². The Morgan fingerprint density at radius 2 is 0.605 bits per heavy atom. The number of ether oxygens (including phenoxy) is 4. The van der Waals surface area contributed by atoms with Crippen molar-refractivity contribution >= 4 is 39.5 Å². The van der Waals surface area contributed by atoms with E-state index >= 15 is 0 Å². The number of hydrogen-bond donors (Lipinski definition) is 3. The molecular weight excluding hydrogens is 1020 g/mol. The van der Waals surface area contributed by atoms with Crippen LogP contribution in [0, 0.1) is 5.92 Å². The summed E-state index contributed by atoms with van der Waals surface area (Å²) in [6.07, 6.45) is 33.1. The summed E-state index contributed by atoms with van der Waals surface area (Å²) in [6.45, 7) is 6.87. The van der Waals surface area contributed by atoms with Gasteiger partial charge in [-0.3, -0.25) is 37.3 Å². The zero-order valence-electron chi connectivity index (χ0n) is 48.4. The molecule has 0 rings (SSSR count). The van der Waals surface area contributed by atoms with Gasteiger partial charge in [0, 0.05) is 25.7 Å². The molecule has 0 aliphatic carbocycles. The Kier molecular flexibility index (Phi) is 49.9. The number of carbonyl (C=O) groups excluding carboxylic acids is 4. The van der Waals surface area contributed by atoms with Crippen molar-refractivity contribution < 1.29 is 80.2 Å². The second kappa shape index (κ2) is 51.2. The van der Waals surface area contributed by atoms with Crippen molar-refractivity contribution in [2.75, 3.05) is 39.6 Å². The fraction of sp³-hybridized carbons (Fsp3) is 0.930. The third-order valence-corrected chi connectivity index (χ3v) is 14.9. The van der Waals surface area contributed by atoms with E-state index in [0.717, 1.165) is 103 Å². The number of esters is 4. The molecule has 0 spiro atoms. The Balaban J connectivity index is 5.08. The highest BCUT2D eigenvalue weighted by atomic mass is 31.2. The number of unbranched alkanes of at least 4 members (excludes halogenated alkanes) is 29. The summed E-state index contributed by atoms with van der Waals surface area (Å²) in [5, 5.41) is 10.4. The van der Waals surface area contributed by atoms with Crippen molar-refractivity contribution in [2.24, 2.45) is 5.92 Å². The third kappa shape index (κ3) is 51.5. The number of aliphatic hydroxyl groups is 1. The van der Waals surface area contributed by atoms with E-state index in [0.29, 0.717) is 31.6 Å². The maximum absolute atomic E-state index is 12.9. The number of phosphoric acid groups is 2. The molecule has 0 aliphatic rings. The van der Waals surface area contributed by atoms with E-state index in [4.69, 9.17) is 37.0 Å². The second-order valence-corrected chi connectivity index (χ2v) is 24.1. The summed E-state index contributed by atoms with van der Waals surface area (Å²) in [6, 6.07) is 0. The maximum atomic E-state index is 12.9. The van der Waals surface area contributed by atoms with E-state index in [2.05, 4.69) is 34.6 Å². The monoisotopic (exact) mass is 1130 g/mol. The first-order valence-electron chi connectivity index (χ1n) is 30.1. The molecular formula is C57H110O17P2. The van der Waals surface area contributed by atoms with Crippen LogP contribution in [-0.2, 0) is 65.4 Å². The van der Waals surface area contributed by atoms with Crippen molar-refractivity contribution in [1.82, 2.24) is 0 Å². The van der Waals surface area contributed by atoms with Gasteiger partial charge in [0.2, 0.25) is 0 Å². The van der Waals surface area contributed by atoms with Crippen LogP contribution in [0.3, 0.4) is 0 Å². The lowest BCUT2D eigenvalue weighted by atomic mass is 10.0. The van der Waals surface area contributed by atoms with Gasteiger partial charge < -0.3 is 33.8 Å². The van der Waals surface area contributed by atoms with Crippen molar-refractivity contribution in [2.45, 2.75) is 297 Å². The molecule has 2 unspecified atom stereocenters. The molecule has 0 aromatic heterocycles.